The molecule has 0 atom stereocenters. The molecule has 27 heavy (non-hydrogen) atoms. The smallest absolute Gasteiger partial charge is 0.288 e. The molecule has 4 nitrogen and oxygen atoms in total. The van der Waals surface area contributed by atoms with Gasteiger partial charge in [0.05, 0.1) is 17.7 Å². The fourth-order valence-corrected chi connectivity index (χ4v) is 3.75. The SMILES string of the molecule is O=c1c2sccc2n(Cc2cccc(F)c2)c(=O)n1-c1cc(F)ccc1F. The van der Waals surface area contributed by atoms with E-state index in [0.29, 0.717) is 15.6 Å². The molecule has 0 saturated heterocycles. The van der Waals surface area contributed by atoms with Gasteiger partial charge in [-0.2, -0.15) is 0 Å². The lowest BCUT2D eigenvalue weighted by Crippen LogP contribution is -2.39. The van der Waals surface area contributed by atoms with Crippen LogP contribution in [0.1, 0.15) is 5.56 Å². The van der Waals surface area contributed by atoms with Crippen LogP contribution >= 0.6 is 11.3 Å². The third-order valence-electron chi connectivity index (χ3n) is 4.13. The molecule has 0 radical (unpaired) electrons. The normalized spacial score (nSPS) is 11.2. The van der Waals surface area contributed by atoms with Gasteiger partial charge in [0.15, 0.2) is 0 Å². The minimum Gasteiger partial charge on any atom is -0.288 e. The van der Waals surface area contributed by atoms with Crippen molar-refractivity contribution in [3.05, 3.63) is 97.8 Å². The summed E-state index contributed by atoms with van der Waals surface area (Å²) in [7, 11) is 0. The minimum absolute atomic E-state index is 0.0267. The highest BCUT2D eigenvalue weighted by Gasteiger charge is 2.18. The average molecular weight is 388 g/mol. The van der Waals surface area contributed by atoms with Crippen LogP contribution in [0.15, 0.2) is 63.5 Å². The summed E-state index contributed by atoms with van der Waals surface area (Å²) in [6.45, 7) is -0.0267. The van der Waals surface area contributed by atoms with E-state index in [4.69, 9.17) is 0 Å². The van der Waals surface area contributed by atoms with Crippen LogP contribution in [-0.4, -0.2) is 9.13 Å². The van der Waals surface area contributed by atoms with Crippen molar-refractivity contribution in [3.63, 3.8) is 0 Å². The highest BCUT2D eigenvalue weighted by atomic mass is 32.1. The van der Waals surface area contributed by atoms with Crippen molar-refractivity contribution in [2.45, 2.75) is 6.54 Å². The van der Waals surface area contributed by atoms with Crippen LogP contribution in [0.2, 0.25) is 0 Å². The van der Waals surface area contributed by atoms with E-state index in [1.807, 2.05) is 0 Å². The minimum atomic E-state index is -0.899. The van der Waals surface area contributed by atoms with E-state index < -0.39 is 34.4 Å². The Morgan fingerprint density at radius 2 is 1.70 bits per heavy atom. The Balaban J connectivity index is 2.03. The number of benzene rings is 2. The molecule has 0 aliphatic rings. The van der Waals surface area contributed by atoms with Crippen molar-refractivity contribution < 1.29 is 13.2 Å². The van der Waals surface area contributed by atoms with Crippen molar-refractivity contribution in [2.75, 3.05) is 0 Å². The molecule has 0 amide bonds. The summed E-state index contributed by atoms with van der Waals surface area (Å²) in [6.07, 6.45) is 0. The van der Waals surface area contributed by atoms with Gasteiger partial charge in [0.1, 0.15) is 22.2 Å². The first-order valence-electron chi connectivity index (χ1n) is 7.88. The molecule has 136 valence electrons. The number of halogens is 3. The number of rotatable bonds is 3. The van der Waals surface area contributed by atoms with Gasteiger partial charge in [-0.1, -0.05) is 12.1 Å². The van der Waals surface area contributed by atoms with Gasteiger partial charge in [0, 0.05) is 6.07 Å². The second-order valence-electron chi connectivity index (χ2n) is 5.87. The van der Waals surface area contributed by atoms with Crippen LogP contribution in [0.25, 0.3) is 15.9 Å². The van der Waals surface area contributed by atoms with Crippen molar-refractivity contribution in [1.82, 2.24) is 9.13 Å². The largest absolute Gasteiger partial charge is 0.336 e. The zero-order valence-electron chi connectivity index (χ0n) is 13.7. The van der Waals surface area contributed by atoms with Crippen molar-refractivity contribution in [1.29, 1.82) is 0 Å². The van der Waals surface area contributed by atoms with Gasteiger partial charge in [0.25, 0.3) is 5.56 Å². The van der Waals surface area contributed by atoms with E-state index in [9.17, 15) is 22.8 Å². The first-order chi connectivity index (χ1) is 13.0. The molecule has 0 bridgehead atoms. The number of nitrogens with zero attached hydrogens (tertiary/aromatic N) is 2. The number of aromatic nitrogens is 2. The first kappa shape index (κ1) is 17.3. The quantitative estimate of drug-likeness (QED) is 0.537. The van der Waals surface area contributed by atoms with Gasteiger partial charge in [-0.25, -0.2) is 22.5 Å². The third-order valence-corrected chi connectivity index (χ3v) is 5.03. The van der Waals surface area contributed by atoms with Gasteiger partial charge in [-0.3, -0.25) is 9.36 Å². The maximum absolute atomic E-state index is 14.2. The number of thiophene rings is 1. The van der Waals surface area contributed by atoms with Crippen molar-refractivity contribution >= 4 is 21.6 Å². The maximum Gasteiger partial charge on any atom is 0.336 e. The van der Waals surface area contributed by atoms with Crippen molar-refractivity contribution in [3.8, 4) is 5.69 Å². The lowest BCUT2D eigenvalue weighted by molar-refractivity contribution is 0.584. The molecular weight excluding hydrogens is 377 g/mol. The molecule has 2 aromatic heterocycles. The highest BCUT2D eigenvalue weighted by molar-refractivity contribution is 7.17. The molecule has 0 N–H and O–H groups in total. The summed E-state index contributed by atoms with van der Waals surface area (Å²) >= 11 is 1.09. The predicted octanol–water partition coefficient (Wildman–Crippen LogP) is 3.68. The van der Waals surface area contributed by atoms with Crippen LogP contribution in [-0.2, 0) is 6.54 Å². The molecule has 8 heteroatoms. The second kappa shape index (κ2) is 6.55. The van der Waals surface area contributed by atoms with Crippen LogP contribution in [0.3, 0.4) is 0 Å². The van der Waals surface area contributed by atoms with E-state index >= 15 is 0 Å². The van der Waals surface area contributed by atoms with Crippen LogP contribution < -0.4 is 11.2 Å². The molecular formula is C19H11F3N2O2S. The molecule has 2 aromatic carbocycles. The average Bonchev–Trinajstić information content (AvgIpc) is 3.12. The summed E-state index contributed by atoms with van der Waals surface area (Å²) in [5.41, 5.74) is -1.18. The maximum atomic E-state index is 14.2. The molecule has 0 fully saturated rings. The van der Waals surface area contributed by atoms with E-state index in [0.717, 1.165) is 29.5 Å². The van der Waals surface area contributed by atoms with Gasteiger partial charge < -0.3 is 0 Å². The summed E-state index contributed by atoms with van der Waals surface area (Å²) in [6, 6.07) is 9.82. The van der Waals surface area contributed by atoms with Gasteiger partial charge >= 0.3 is 5.69 Å². The second-order valence-corrected chi connectivity index (χ2v) is 6.79. The van der Waals surface area contributed by atoms with Gasteiger partial charge in [-0.05, 0) is 41.3 Å². The zero-order chi connectivity index (χ0) is 19.1. The number of hydrogen-bond donors (Lipinski definition) is 0. The monoisotopic (exact) mass is 388 g/mol. The summed E-state index contributed by atoms with van der Waals surface area (Å²) in [5, 5.41) is 1.62. The Kier molecular flexibility index (Phi) is 4.19. The lowest BCUT2D eigenvalue weighted by atomic mass is 10.2. The Hall–Kier alpha value is -3.13. The topological polar surface area (TPSA) is 44.0 Å². The standard InChI is InChI=1S/C19H11F3N2O2S/c20-12-3-1-2-11(8-12)10-23-15-6-7-27-17(15)18(25)24(19(23)26)16-9-13(21)4-5-14(16)22/h1-9H,10H2. The molecule has 2 heterocycles. The fraction of sp³-hybridized carbons (Fsp3) is 0.0526. The molecule has 0 spiro atoms. The highest BCUT2D eigenvalue weighted by Crippen LogP contribution is 2.19. The molecule has 4 aromatic rings. The van der Waals surface area contributed by atoms with E-state index in [2.05, 4.69) is 0 Å². The molecule has 0 aliphatic heterocycles. The summed E-state index contributed by atoms with van der Waals surface area (Å²) < 4.78 is 43.4. The molecule has 0 aliphatic carbocycles. The van der Waals surface area contributed by atoms with E-state index in [-0.39, 0.29) is 11.2 Å². The third kappa shape index (κ3) is 2.97. The summed E-state index contributed by atoms with van der Waals surface area (Å²) in [5.74, 6) is -2.14. The lowest BCUT2D eigenvalue weighted by Gasteiger charge is -2.13. The summed E-state index contributed by atoms with van der Waals surface area (Å²) in [4.78, 5) is 25.7. The molecule has 0 unspecified atom stereocenters. The Labute approximate surface area is 154 Å². The Bertz CT molecular complexity index is 1290. The Morgan fingerprint density at radius 3 is 2.48 bits per heavy atom. The van der Waals surface area contributed by atoms with Crippen LogP contribution in [0, 0.1) is 17.5 Å². The molecule has 4 rings (SSSR count). The number of hydrogen-bond acceptors (Lipinski definition) is 3. The van der Waals surface area contributed by atoms with Crippen molar-refractivity contribution in [2.24, 2.45) is 0 Å². The number of fused-ring (bicyclic) bond motifs is 1. The van der Waals surface area contributed by atoms with E-state index in [1.165, 1.54) is 22.8 Å². The fourth-order valence-electron chi connectivity index (χ4n) is 2.93. The van der Waals surface area contributed by atoms with Gasteiger partial charge in [0.2, 0.25) is 0 Å². The molecule has 0 saturated carbocycles. The van der Waals surface area contributed by atoms with E-state index in [1.54, 1.807) is 17.5 Å². The first-order valence-corrected chi connectivity index (χ1v) is 8.76. The van der Waals surface area contributed by atoms with Crippen LogP contribution in [0.5, 0.6) is 0 Å². The Morgan fingerprint density at radius 1 is 0.926 bits per heavy atom. The van der Waals surface area contributed by atoms with Gasteiger partial charge in [-0.15, -0.1) is 11.3 Å². The van der Waals surface area contributed by atoms with Crippen LogP contribution in [0.4, 0.5) is 13.2 Å². The predicted molar refractivity (Wildman–Crippen MR) is 97.1 cm³/mol. The zero-order valence-corrected chi connectivity index (χ0v) is 14.5.